The zero-order chi connectivity index (χ0) is 10.8. The molecule has 2 aromatic heterocycles. The van der Waals surface area contributed by atoms with Crippen molar-refractivity contribution in [3.8, 4) is 0 Å². The smallest absolute Gasteiger partial charge is 0.276 e. The van der Waals surface area contributed by atoms with Crippen molar-refractivity contribution in [1.82, 2.24) is 14.8 Å². The number of hydrogen-bond donors (Lipinski definition) is 1. The van der Waals surface area contributed by atoms with Crippen LogP contribution in [0.25, 0.3) is 0 Å². The van der Waals surface area contributed by atoms with Gasteiger partial charge in [-0.15, -0.1) is 11.3 Å². The van der Waals surface area contributed by atoms with Crippen LogP contribution in [-0.4, -0.2) is 20.7 Å². The number of nitrogens with zero attached hydrogens (tertiary/aromatic N) is 3. The first-order valence-electron chi connectivity index (χ1n) is 4.07. The summed E-state index contributed by atoms with van der Waals surface area (Å²) >= 11 is 3.46. The van der Waals surface area contributed by atoms with Gasteiger partial charge in [0.15, 0.2) is 5.13 Å². The summed E-state index contributed by atoms with van der Waals surface area (Å²) in [5, 5.41) is 9.11. The lowest BCUT2D eigenvalue weighted by Crippen LogP contribution is -2.17. The summed E-state index contributed by atoms with van der Waals surface area (Å²) in [6.45, 7) is 0. The molecule has 0 saturated carbocycles. The molecule has 0 fully saturated rings. The average molecular weight is 334 g/mol. The summed E-state index contributed by atoms with van der Waals surface area (Å²) in [4.78, 5) is 15.8. The van der Waals surface area contributed by atoms with Gasteiger partial charge in [0.25, 0.3) is 5.91 Å². The Morgan fingerprint density at radius 3 is 3.00 bits per heavy atom. The van der Waals surface area contributed by atoms with Gasteiger partial charge in [-0.25, -0.2) is 4.98 Å². The predicted molar refractivity (Wildman–Crippen MR) is 66.0 cm³/mol. The highest BCUT2D eigenvalue weighted by molar-refractivity contribution is 14.1. The standard InChI is InChI=1S/C8H7IN4OS/c1-13-6(5(9)4-11-13)7(14)12-8-10-2-3-15-8/h2-4H,1H3,(H,10,12,14). The molecule has 5 nitrogen and oxygen atoms in total. The molecule has 78 valence electrons. The first-order chi connectivity index (χ1) is 7.18. The quantitative estimate of drug-likeness (QED) is 0.851. The molecule has 7 heteroatoms. The minimum Gasteiger partial charge on any atom is -0.296 e. The number of amides is 1. The third-order valence-corrected chi connectivity index (χ3v) is 3.24. The number of halogens is 1. The van der Waals surface area contributed by atoms with Gasteiger partial charge in [-0.1, -0.05) is 0 Å². The van der Waals surface area contributed by atoms with E-state index in [0.29, 0.717) is 10.8 Å². The van der Waals surface area contributed by atoms with Crippen molar-refractivity contribution in [2.24, 2.45) is 7.05 Å². The Kier molecular flexibility index (Phi) is 3.00. The Balaban J connectivity index is 2.22. The van der Waals surface area contributed by atoms with Crippen molar-refractivity contribution >= 4 is 45.0 Å². The molecule has 0 unspecified atom stereocenters. The van der Waals surface area contributed by atoms with Crippen LogP contribution in [0.4, 0.5) is 5.13 Å². The van der Waals surface area contributed by atoms with E-state index in [1.165, 1.54) is 11.3 Å². The third-order valence-electron chi connectivity index (χ3n) is 1.76. The van der Waals surface area contributed by atoms with E-state index in [4.69, 9.17) is 0 Å². The maximum atomic E-state index is 11.8. The van der Waals surface area contributed by atoms with Gasteiger partial charge in [0, 0.05) is 18.6 Å². The second-order valence-corrected chi connectivity index (χ2v) is 4.81. The van der Waals surface area contributed by atoms with Crippen LogP contribution in [0.3, 0.4) is 0 Å². The molecule has 0 bridgehead atoms. The maximum absolute atomic E-state index is 11.8. The van der Waals surface area contributed by atoms with E-state index in [1.54, 1.807) is 24.1 Å². The van der Waals surface area contributed by atoms with Crippen molar-refractivity contribution in [3.63, 3.8) is 0 Å². The second-order valence-electron chi connectivity index (χ2n) is 2.76. The molecular weight excluding hydrogens is 327 g/mol. The molecule has 0 spiro atoms. The zero-order valence-corrected chi connectivity index (χ0v) is 10.7. The number of thiazole rings is 1. The van der Waals surface area contributed by atoms with Gasteiger partial charge in [-0.3, -0.25) is 14.8 Å². The van der Waals surface area contributed by atoms with E-state index < -0.39 is 0 Å². The molecule has 0 aliphatic carbocycles. The van der Waals surface area contributed by atoms with E-state index in [2.05, 4.69) is 38.0 Å². The zero-order valence-electron chi connectivity index (χ0n) is 7.77. The lowest BCUT2D eigenvalue weighted by atomic mass is 10.4. The fourth-order valence-electron chi connectivity index (χ4n) is 1.11. The molecule has 0 saturated heterocycles. The van der Waals surface area contributed by atoms with E-state index >= 15 is 0 Å². The number of aryl methyl sites for hydroxylation is 1. The summed E-state index contributed by atoms with van der Waals surface area (Å²) in [5.41, 5.74) is 0.547. The van der Waals surface area contributed by atoms with Crippen molar-refractivity contribution in [1.29, 1.82) is 0 Å². The topological polar surface area (TPSA) is 59.8 Å². The van der Waals surface area contributed by atoms with E-state index in [9.17, 15) is 4.79 Å². The van der Waals surface area contributed by atoms with Crippen LogP contribution in [-0.2, 0) is 7.05 Å². The molecule has 0 atom stereocenters. The fourth-order valence-corrected chi connectivity index (χ4v) is 2.35. The molecule has 0 radical (unpaired) electrons. The molecule has 2 rings (SSSR count). The highest BCUT2D eigenvalue weighted by Crippen LogP contribution is 2.15. The van der Waals surface area contributed by atoms with Gasteiger partial charge < -0.3 is 0 Å². The summed E-state index contributed by atoms with van der Waals surface area (Å²) in [5.74, 6) is -0.186. The van der Waals surface area contributed by atoms with E-state index in [1.807, 2.05) is 5.38 Å². The van der Waals surface area contributed by atoms with Crippen molar-refractivity contribution < 1.29 is 4.79 Å². The normalized spacial score (nSPS) is 10.3. The van der Waals surface area contributed by atoms with Crippen LogP contribution < -0.4 is 5.32 Å². The summed E-state index contributed by atoms with van der Waals surface area (Å²) in [6.07, 6.45) is 3.30. The first kappa shape index (κ1) is 10.6. The summed E-state index contributed by atoms with van der Waals surface area (Å²) in [6, 6.07) is 0. The SMILES string of the molecule is Cn1ncc(I)c1C(=O)Nc1nccs1. The Bertz CT molecular complexity index is 459. The largest absolute Gasteiger partial charge is 0.296 e. The Labute approximate surface area is 104 Å². The monoisotopic (exact) mass is 334 g/mol. The minimum atomic E-state index is -0.186. The number of aromatic nitrogens is 3. The van der Waals surface area contributed by atoms with Gasteiger partial charge in [0.05, 0.1) is 9.77 Å². The number of nitrogens with one attached hydrogen (secondary N) is 1. The highest BCUT2D eigenvalue weighted by atomic mass is 127. The molecule has 2 aromatic rings. The highest BCUT2D eigenvalue weighted by Gasteiger charge is 2.15. The van der Waals surface area contributed by atoms with Crippen LogP contribution in [0, 0.1) is 3.57 Å². The van der Waals surface area contributed by atoms with Crippen LogP contribution in [0.5, 0.6) is 0 Å². The molecule has 15 heavy (non-hydrogen) atoms. The van der Waals surface area contributed by atoms with Crippen molar-refractivity contribution in [2.45, 2.75) is 0 Å². The molecule has 2 heterocycles. The molecule has 0 aliphatic heterocycles. The Morgan fingerprint density at radius 2 is 2.47 bits per heavy atom. The summed E-state index contributed by atoms with van der Waals surface area (Å²) < 4.78 is 2.37. The van der Waals surface area contributed by atoms with Crippen molar-refractivity contribution in [3.05, 3.63) is 27.0 Å². The number of rotatable bonds is 2. The number of carbonyl (C=O) groups excluding carboxylic acids is 1. The van der Waals surface area contributed by atoms with Crippen LogP contribution in [0.2, 0.25) is 0 Å². The van der Waals surface area contributed by atoms with Gasteiger partial charge in [0.1, 0.15) is 5.69 Å². The second kappa shape index (κ2) is 4.27. The van der Waals surface area contributed by atoms with Gasteiger partial charge in [-0.05, 0) is 22.6 Å². The number of anilines is 1. The molecule has 0 aromatic carbocycles. The Morgan fingerprint density at radius 1 is 1.67 bits per heavy atom. The molecular formula is C8H7IN4OS. The van der Waals surface area contributed by atoms with Gasteiger partial charge >= 0.3 is 0 Å². The van der Waals surface area contributed by atoms with Crippen LogP contribution >= 0.6 is 33.9 Å². The average Bonchev–Trinajstić information content (AvgIpc) is 2.77. The fraction of sp³-hybridized carbons (Fsp3) is 0.125. The van der Waals surface area contributed by atoms with E-state index in [-0.39, 0.29) is 5.91 Å². The molecule has 1 amide bonds. The maximum Gasteiger partial charge on any atom is 0.276 e. The van der Waals surface area contributed by atoms with Gasteiger partial charge in [-0.2, -0.15) is 5.10 Å². The first-order valence-corrected chi connectivity index (χ1v) is 6.02. The van der Waals surface area contributed by atoms with E-state index in [0.717, 1.165) is 3.57 Å². The van der Waals surface area contributed by atoms with Gasteiger partial charge in [0.2, 0.25) is 0 Å². The third kappa shape index (κ3) is 2.17. The predicted octanol–water partition coefficient (Wildman–Crippen LogP) is 1.73. The van der Waals surface area contributed by atoms with Crippen LogP contribution in [0.1, 0.15) is 10.5 Å². The lowest BCUT2D eigenvalue weighted by molar-refractivity contribution is 0.101. The summed E-state index contributed by atoms with van der Waals surface area (Å²) in [7, 11) is 1.74. The minimum absolute atomic E-state index is 0.186. The number of carbonyl (C=O) groups is 1. The van der Waals surface area contributed by atoms with Crippen LogP contribution in [0.15, 0.2) is 17.8 Å². The Hall–Kier alpha value is -0.960. The molecule has 1 N–H and O–H groups in total. The van der Waals surface area contributed by atoms with Crippen molar-refractivity contribution in [2.75, 3.05) is 5.32 Å². The number of hydrogen-bond acceptors (Lipinski definition) is 4. The lowest BCUT2D eigenvalue weighted by Gasteiger charge is -2.02. The molecule has 0 aliphatic rings.